The average Bonchev–Trinajstić information content (AvgIpc) is 2.57. The first-order chi connectivity index (χ1) is 6.86. The fourth-order valence-corrected chi connectivity index (χ4v) is 1.66. The van der Waals surface area contributed by atoms with Crippen LogP contribution < -0.4 is 29.0 Å². The third kappa shape index (κ3) is 1.41. The Kier molecular flexibility index (Phi) is 2.43. The van der Waals surface area contributed by atoms with Crippen molar-refractivity contribution in [2.45, 2.75) is 0 Å². The van der Waals surface area contributed by atoms with Gasteiger partial charge in [0.05, 0.1) is 5.39 Å². The maximum absolute atomic E-state index is 11.6. The Morgan fingerprint density at radius 1 is 1.07 bits per heavy atom. The first-order valence-corrected chi connectivity index (χ1v) is 4.35. The molecule has 3 nitrogen and oxygen atoms in total. The van der Waals surface area contributed by atoms with Crippen LogP contribution in [0, 0.1) is 0 Å². The predicted molar refractivity (Wildman–Crippen MR) is 49.7 cm³/mol. The summed E-state index contributed by atoms with van der Waals surface area (Å²) in [4.78, 5) is 3.02. The zero-order valence-corrected chi connectivity index (χ0v) is 8.28. The molecule has 0 saturated carbocycles. The molecular weight excluding hydrogens is 185 g/mol. The summed E-state index contributed by atoms with van der Waals surface area (Å²) in [5, 5.41) is 12.2. The molecule has 68 valence electrons. The van der Waals surface area contributed by atoms with Crippen molar-refractivity contribution in [1.29, 1.82) is 0 Å². The van der Waals surface area contributed by atoms with E-state index >= 15 is 0 Å². The van der Waals surface area contributed by atoms with Gasteiger partial charge in [0.15, 0.2) is 11.8 Å². The number of hydrogen-bond acceptors (Lipinski definition) is 2. The minimum atomic E-state index is -0.0105. The van der Waals surface area contributed by atoms with Crippen LogP contribution in [0.4, 0.5) is 0 Å². The number of nitrogens with one attached hydrogen (secondary N) is 1. The Labute approximate surface area is 97.9 Å². The second-order valence-corrected chi connectivity index (χ2v) is 3.14. The van der Waals surface area contributed by atoms with Crippen LogP contribution in [0.3, 0.4) is 0 Å². The molecule has 3 aromatic rings. The van der Waals surface area contributed by atoms with Crippen molar-refractivity contribution in [3.8, 4) is 5.75 Å². The van der Waals surface area contributed by atoms with Gasteiger partial charge in [-0.15, -0.1) is 0 Å². The number of fused-ring (bicyclic) bond motifs is 3. The summed E-state index contributed by atoms with van der Waals surface area (Å²) in [7, 11) is 0. The second kappa shape index (κ2) is 3.62. The Morgan fingerprint density at radius 2 is 1.87 bits per heavy atom. The van der Waals surface area contributed by atoms with Gasteiger partial charge < -0.3 is 9.52 Å². The molecule has 0 aliphatic rings. The molecule has 0 spiro atoms. The number of aromatic amines is 1. The van der Waals surface area contributed by atoms with Gasteiger partial charge in [-0.2, -0.15) is 0 Å². The predicted octanol–water partition coefficient (Wildman–Crippen LogP) is -1.52. The van der Waals surface area contributed by atoms with Crippen molar-refractivity contribution in [3.63, 3.8) is 0 Å². The zero-order chi connectivity index (χ0) is 9.54. The van der Waals surface area contributed by atoms with Crippen LogP contribution in [0.25, 0.3) is 22.1 Å². The molecule has 0 atom stereocenters. The standard InChI is InChI=1S/C11H7NO2.Li/c13-7-3-1-4-8-10(7)11-9(14-8)5-2-6-12-11;/h1-6,13H;/q;+1. The number of pyridine rings is 1. The maximum atomic E-state index is 11.6. The fraction of sp³-hybridized carbons (Fsp3) is 0. The SMILES string of the molecule is [Li+].[O-]c1cccc2oc3ccc[nH+]c3c12. The van der Waals surface area contributed by atoms with E-state index < -0.39 is 0 Å². The number of benzene rings is 1. The van der Waals surface area contributed by atoms with Gasteiger partial charge in [0.25, 0.3) is 5.52 Å². The van der Waals surface area contributed by atoms with E-state index in [0.717, 1.165) is 5.52 Å². The molecule has 3 rings (SSSR count). The minimum absolute atomic E-state index is 0. The van der Waals surface area contributed by atoms with Gasteiger partial charge in [0, 0.05) is 6.07 Å². The Hall–Kier alpha value is -1.43. The van der Waals surface area contributed by atoms with Crippen LogP contribution >= 0.6 is 0 Å². The van der Waals surface area contributed by atoms with Gasteiger partial charge in [-0.25, -0.2) is 4.98 Å². The summed E-state index contributed by atoms with van der Waals surface area (Å²) < 4.78 is 5.50. The number of hydrogen-bond donors (Lipinski definition) is 0. The first kappa shape index (κ1) is 10.1. The van der Waals surface area contributed by atoms with Crippen LogP contribution in [0.1, 0.15) is 0 Å². The smallest absolute Gasteiger partial charge is 0.872 e. The largest absolute Gasteiger partial charge is 1.00 e. The van der Waals surface area contributed by atoms with E-state index in [2.05, 4.69) is 4.98 Å². The minimum Gasteiger partial charge on any atom is -0.872 e. The van der Waals surface area contributed by atoms with Crippen LogP contribution in [0.5, 0.6) is 5.75 Å². The molecule has 15 heavy (non-hydrogen) atoms. The van der Waals surface area contributed by atoms with E-state index in [1.54, 1.807) is 18.3 Å². The summed E-state index contributed by atoms with van der Waals surface area (Å²) in [5.41, 5.74) is 2.12. The summed E-state index contributed by atoms with van der Waals surface area (Å²) in [5.74, 6) is -0.0105. The topological polar surface area (TPSA) is 50.3 Å². The van der Waals surface area contributed by atoms with E-state index in [0.29, 0.717) is 16.6 Å². The number of aromatic nitrogens is 1. The Balaban J connectivity index is 0.000000853. The second-order valence-electron chi connectivity index (χ2n) is 3.14. The van der Waals surface area contributed by atoms with Crippen molar-refractivity contribution in [2.24, 2.45) is 0 Å². The number of H-pyrrole nitrogens is 1. The van der Waals surface area contributed by atoms with Crippen LogP contribution in [0.2, 0.25) is 0 Å². The zero-order valence-electron chi connectivity index (χ0n) is 8.28. The van der Waals surface area contributed by atoms with Crippen molar-refractivity contribution in [2.75, 3.05) is 0 Å². The molecule has 1 N–H and O–H groups in total. The van der Waals surface area contributed by atoms with Gasteiger partial charge >= 0.3 is 18.9 Å². The molecule has 0 radical (unpaired) electrons. The summed E-state index contributed by atoms with van der Waals surface area (Å²) in [6.45, 7) is 0. The first-order valence-electron chi connectivity index (χ1n) is 4.35. The molecule has 0 unspecified atom stereocenters. The summed E-state index contributed by atoms with van der Waals surface area (Å²) in [6, 6.07) is 8.72. The van der Waals surface area contributed by atoms with Gasteiger partial charge in [-0.1, -0.05) is 17.9 Å². The molecule has 4 heteroatoms. The number of rotatable bonds is 0. The molecule has 0 aliphatic heterocycles. The van der Waals surface area contributed by atoms with E-state index in [9.17, 15) is 5.11 Å². The van der Waals surface area contributed by atoms with Crippen molar-refractivity contribution < 1.29 is 33.4 Å². The Morgan fingerprint density at radius 3 is 2.73 bits per heavy atom. The number of furan rings is 1. The molecule has 0 fully saturated rings. The van der Waals surface area contributed by atoms with E-state index in [1.807, 2.05) is 12.1 Å². The van der Waals surface area contributed by atoms with E-state index in [1.165, 1.54) is 6.07 Å². The molecule has 0 bridgehead atoms. The maximum Gasteiger partial charge on any atom is 1.00 e. The van der Waals surface area contributed by atoms with Gasteiger partial charge in [-0.3, -0.25) is 0 Å². The van der Waals surface area contributed by atoms with E-state index in [-0.39, 0.29) is 24.6 Å². The van der Waals surface area contributed by atoms with Crippen molar-refractivity contribution in [3.05, 3.63) is 36.5 Å². The van der Waals surface area contributed by atoms with Crippen LogP contribution in [-0.2, 0) is 0 Å². The van der Waals surface area contributed by atoms with Gasteiger partial charge in [-0.05, 0) is 12.1 Å². The van der Waals surface area contributed by atoms with E-state index in [4.69, 9.17) is 4.42 Å². The van der Waals surface area contributed by atoms with Crippen molar-refractivity contribution in [1.82, 2.24) is 0 Å². The molecule has 0 amide bonds. The summed E-state index contributed by atoms with van der Waals surface area (Å²) >= 11 is 0. The monoisotopic (exact) mass is 192 g/mol. The fourth-order valence-electron chi connectivity index (χ4n) is 1.66. The molecular formula is C11H7LiNO2+. The molecule has 2 heterocycles. The summed E-state index contributed by atoms with van der Waals surface area (Å²) in [6.07, 6.45) is 1.78. The normalized spacial score (nSPS) is 10.4. The molecule has 0 saturated heterocycles. The third-order valence-corrected chi connectivity index (χ3v) is 2.28. The molecule has 1 aromatic carbocycles. The van der Waals surface area contributed by atoms with Gasteiger partial charge in [0.2, 0.25) is 0 Å². The van der Waals surface area contributed by atoms with Gasteiger partial charge in [0.1, 0.15) is 5.58 Å². The third-order valence-electron chi connectivity index (χ3n) is 2.28. The van der Waals surface area contributed by atoms with Crippen LogP contribution in [0.15, 0.2) is 40.9 Å². The Bertz CT molecular complexity index is 618. The molecule has 0 aliphatic carbocycles. The molecule has 2 aromatic heterocycles. The quantitative estimate of drug-likeness (QED) is 0.406. The average molecular weight is 192 g/mol. The van der Waals surface area contributed by atoms with Crippen molar-refractivity contribution >= 4 is 22.1 Å². The van der Waals surface area contributed by atoms with Crippen LogP contribution in [-0.4, -0.2) is 0 Å².